The standard InChI is InChI=1S/C6H13NO/c1-7-4-2-3-6(7)5-8/h6,8H,2-5H2,1H3/i2D,3D,4D,5D2. The van der Waals surface area contributed by atoms with Crippen LogP contribution in [-0.4, -0.2) is 36.2 Å². The lowest BCUT2D eigenvalue weighted by Crippen LogP contribution is -2.27. The van der Waals surface area contributed by atoms with Crippen molar-refractivity contribution >= 4 is 0 Å². The van der Waals surface area contributed by atoms with Crippen LogP contribution >= 0.6 is 0 Å². The van der Waals surface area contributed by atoms with Crippen molar-refractivity contribution in [2.75, 3.05) is 20.1 Å². The van der Waals surface area contributed by atoms with Gasteiger partial charge in [0.15, 0.2) is 0 Å². The monoisotopic (exact) mass is 120 g/mol. The zero-order chi connectivity index (χ0) is 10.4. The summed E-state index contributed by atoms with van der Waals surface area (Å²) in [6, 6.07) is -1.09. The van der Waals surface area contributed by atoms with Gasteiger partial charge in [0.2, 0.25) is 0 Å². The molecule has 4 atom stereocenters. The van der Waals surface area contributed by atoms with Crippen LogP contribution in [0.1, 0.15) is 19.6 Å². The summed E-state index contributed by atoms with van der Waals surface area (Å²) in [5.74, 6) is 0. The minimum Gasteiger partial charge on any atom is -0.395 e. The summed E-state index contributed by atoms with van der Waals surface area (Å²) in [6.45, 7) is -3.45. The average molecular weight is 120 g/mol. The van der Waals surface area contributed by atoms with E-state index in [1.54, 1.807) is 0 Å². The molecular weight excluding hydrogens is 102 g/mol. The van der Waals surface area contributed by atoms with E-state index in [1.165, 1.54) is 11.9 Å². The fourth-order valence-corrected chi connectivity index (χ4v) is 0.653. The molecule has 0 aromatic carbocycles. The van der Waals surface area contributed by atoms with E-state index in [4.69, 9.17) is 12.0 Å². The first-order chi connectivity index (χ1) is 5.76. The average Bonchev–Trinajstić information content (AvgIpc) is 2.14. The van der Waals surface area contributed by atoms with Crippen LogP contribution in [0, 0.1) is 0 Å². The van der Waals surface area contributed by atoms with Crippen molar-refractivity contribution in [1.29, 1.82) is 0 Å². The normalized spacial score (nSPS) is 70.0. The summed E-state index contributed by atoms with van der Waals surface area (Å²) >= 11 is 0. The Bertz CT molecular complexity index is 182. The van der Waals surface area contributed by atoms with Crippen LogP contribution in [0.4, 0.5) is 0 Å². The van der Waals surface area contributed by atoms with Gasteiger partial charge in [0, 0.05) is 10.2 Å². The number of likely N-dealkylation sites (tertiary alicyclic amines) is 1. The third kappa shape index (κ3) is 1.01. The maximum absolute atomic E-state index is 9.10. The lowest BCUT2D eigenvalue weighted by molar-refractivity contribution is 0.182. The molecule has 0 bridgehead atoms. The van der Waals surface area contributed by atoms with E-state index < -0.39 is 31.9 Å². The number of rotatable bonds is 1. The maximum atomic E-state index is 9.10. The fraction of sp³-hybridized carbons (Fsp3) is 1.00. The van der Waals surface area contributed by atoms with Gasteiger partial charge < -0.3 is 10.0 Å². The summed E-state index contributed by atoms with van der Waals surface area (Å²) < 4.78 is 36.4. The van der Waals surface area contributed by atoms with E-state index in [1.807, 2.05) is 0 Å². The Labute approximate surface area is 57.1 Å². The zero-order valence-electron chi connectivity index (χ0n) is 9.70. The molecule has 1 saturated heterocycles. The molecule has 1 aliphatic heterocycles. The minimum atomic E-state index is -2.52. The Morgan fingerprint density at radius 2 is 2.88 bits per heavy atom. The summed E-state index contributed by atoms with van der Waals surface area (Å²) in [5.41, 5.74) is 0. The lowest BCUT2D eigenvalue weighted by atomic mass is 10.2. The molecule has 2 nitrogen and oxygen atoms in total. The molecule has 4 unspecified atom stereocenters. The van der Waals surface area contributed by atoms with Crippen LogP contribution in [0.15, 0.2) is 0 Å². The Morgan fingerprint density at radius 3 is 3.12 bits per heavy atom. The van der Waals surface area contributed by atoms with E-state index in [0.717, 1.165) is 0 Å². The van der Waals surface area contributed by atoms with Gasteiger partial charge in [0.05, 0.1) is 9.30 Å². The molecule has 0 aromatic heterocycles. The van der Waals surface area contributed by atoms with Gasteiger partial charge >= 0.3 is 0 Å². The first kappa shape index (κ1) is 2.27. The van der Waals surface area contributed by atoms with Crippen LogP contribution < -0.4 is 0 Å². The first-order valence-corrected chi connectivity index (χ1v) is 2.48. The van der Waals surface area contributed by atoms with Crippen LogP contribution in [-0.2, 0) is 0 Å². The Morgan fingerprint density at radius 1 is 2.12 bits per heavy atom. The molecule has 0 amide bonds. The molecule has 1 rings (SSSR count). The predicted molar refractivity (Wildman–Crippen MR) is 32.7 cm³/mol. The molecule has 0 aliphatic carbocycles. The highest BCUT2D eigenvalue weighted by atomic mass is 16.3. The maximum Gasteiger partial charge on any atom is 0.0586 e. The number of nitrogens with zero attached hydrogens (tertiary/aromatic N) is 1. The molecule has 1 fully saturated rings. The van der Waals surface area contributed by atoms with Gasteiger partial charge in [-0.2, -0.15) is 0 Å². The molecular formula is C6H13NO. The predicted octanol–water partition coefficient (Wildman–Crippen LogP) is 0.0729. The van der Waals surface area contributed by atoms with Crippen LogP contribution in [0.25, 0.3) is 0 Å². The second-order valence-electron chi connectivity index (χ2n) is 1.77. The minimum absolute atomic E-state index is 0.935. The Balaban J connectivity index is 2.88. The third-order valence-corrected chi connectivity index (χ3v) is 1.19. The van der Waals surface area contributed by atoms with E-state index in [-0.39, 0.29) is 0 Å². The van der Waals surface area contributed by atoms with Gasteiger partial charge in [0.25, 0.3) is 0 Å². The second-order valence-corrected chi connectivity index (χ2v) is 1.77. The number of likely N-dealkylation sites (N-methyl/N-ethyl adjacent to an activating group) is 1. The fourth-order valence-electron chi connectivity index (χ4n) is 0.653. The van der Waals surface area contributed by atoms with Crippen LogP contribution in [0.3, 0.4) is 0 Å². The second kappa shape index (κ2) is 2.46. The molecule has 1 N–H and O–H groups in total. The third-order valence-electron chi connectivity index (χ3n) is 1.19. The van der Waals surface area contributed by atoms with Crippen molar-refractivity contribution in [3.8, 4) is 0 Å². The summed E-state index contributed by atoms with van der Waals surface area (Å²) in [4.78, 5) is 1.23. The molecule has 0 aromatic rings. The van der Waals surface area contributed by atoms with Crippen molar-refractivity contribution in [2.24, 2.45) is 0 Å². The SMILES string of the molecule is [2H]C1C([2H])C(C([2H])([2H])O)N(C)C1[2H]. The van der Waals surface area contributed by atoms with E-state index >= 15 is 0 Å². The molecule has 1 heterocycles. The van der Waals surface area contributed by atoms with E-state index in [9.17, 15) is 0 Å². The number of aliphatic hydroxyl groups is 1. The van der Waals surface area contributed by atoms with Gasteiger partial charge in [-0.25, -0.2) is 0 Å². The molecule has 0 radical (unpaired) electrons. The molecule has 2 heteroatoms. The van der Waals surface area contributed by atoms with Crippen molar-refractivity contribution in [2.45, 2.75) is 18.8 Å². The van der Waals surface area contributed by atoms with E-state index in [0.29, 0.717) is 0 Å². The smallest absolute Gasteiger partial charge is 0.0586 e. The van der Waals surface area contributed by atoms with Gasteiger partial charge in [-0.15, -0.1) is 0 Å². The largest absolute Gasteiger partial charge is 0.395 e. The summed E-state index contributed by atoms with van der Waals surface area (Å²) in [6.07, 6.45) is -2.07. The molecule has 8 heavy (non-hydrogen) atoms. The van der Waals surface area contributed by atoms with Crippen molar-refractivity contribution in [1.82, 2.24) is 4.90 Å². The van der Waals surface area contributed by atoms with Gasteiger partial charge in [-0.05, 0) is 26.4 Å². The summed E-state index contributed by atoms with van der Waals surface area (Å²) in [5, 5.41) is 9.10. The van der Waals surface area contributed by atoms with Gasteiger partial charge in [-0.3, -0.25) is 0 Å². The molecule has 48 valence electrons. The van der Waals surface area contributed by atoms with Crippen LogP contribution in [0.5, 0.6) is 0 Å². The van der Waals surface area contributed by atoms with Crippen molar-refractivity contribution in [3.05, 3.63) is 0 Å². The van der Waals surface area contributed by atoms with E-state index in [2.05, 4.69) is 0 Å². The van der Waals surface area contributed by atoms with Crippen molar-refractivity contribution < 1.29 is 12.0 Å². The highest BCUT2D eigenvalue weighted by Gasteiger charge is 2.18. The Hall–Kier alpha value is -0.0800. The van der Waals surface area contributed by atoms with Crippen molar-refractivity contribution in [3.63, 3.8) is 0 Å². The zero-order valence-corrected chi connectivity index (χ0v) is 4.70. The lowest BCUT2D eigenvalue weighted by Gasteiger charge is -2.15. The quantitative estimate of drug-likeness (QED) is 0.529. The molecule has 0 spiro atoms. The summed E-state index contributed by atoms with van der Waals surface area (Å²) in [7, 11) is 1.45. The van der Waals surface area contributed by atoms with Crippen LogP contribution in [0.2, 0.25) is 0 Å². The topological polar surface area (TPSA) is 23.5 Å². The number of hydrogen-bond acceptors (Lipinski definition) is 2. The molecule has 0 saturated carbocycles. The highest BCUT2D eigenvalue weighted by Crippen LogP contribution is 2.12. The number of hydrogen-bond donors (Lipinski definition) is 1. The Kier molecular flexibility index (Phi) is 0.700. The molecule has 1 aliphatic rings. The van der Waals surface area contributed by atoms with Gasteiger partial charge in [0.1, 0.15) is 0 Å². The highest BCUT2D eigenvalue weighted by molar-refractivity contribution is 4.74. The van der Waals surface area contributed by atoms with Gasteiger partial charge in [-0.1, -0.05) is 0 Å². The first-order valence-electron chi connectivity index (χ1n) is 5.21.